The van der Waals surface area contributed by atoms with Crippen LogP contribution in [-0.2, 0) is 11.2 Å². The highest BCUT2D eigenvalue weighted by Crippen LogP contribution is 2.03. The van der Waals surface area contributed by atoms with Gasteiger partial charge in [0.1, 0.15) is 5.82 Å². The minimum Gasteiger partial charge on any atom is -0.461 e. The molecule has 0 radical (unpaired) electrons. The van der Waals surface area contributed by atoms with Gasteiger partial charge in [0, 0.05) is 12.1 Å². The van der Waals surface area contributed by atoms with E-state index < -0.39 is 0 Å². The lowest BCUT2D eigenvalue weighted by atomic mass is 10.3. The largest absolute Gasteiger partial charge is 0.461 e. The molecule has 0 atom stereocenters. The van der Waals surface area contributed by atoms with Crippen LogP contribution in [0.1, 0.15) is 35.9 Å². The predicted molar refractivity (Wildman–Crippen MR) is 52.1 cm³/mol. The molecule has 1 aromatic heterocycles. The van der Waals surface area contributed by atoms with Crippen molar-refractivity contribution in [1.29, 1.82) is 0 Å². The van der Waals surface area contributed by atoms with Gasteiger partial charge in [-0.2, -0.15) is 0 Å². The molecular weight excluding hydrogens is 180 g/mol. The summed E-state index contributed by atoms with van der Waals surface area (Å²) in [7, 11) is 0. The van der Waals surface area contributed by atoms with Crippen LogP contribution in [0.15, 0.2) is 6.07 Å². The number of nitrogens with zero attached hydrogens (tertiary/aromatic N) is 2. The van der Waals surface area contributed by atoms with Crippen molar-refractivity contribution in [2.45, 2.75) is 27.2 Å². The molecule has 1 aromatic rings. The zero-order valence-corrected chi connectivity index (χ0v) is 8.70. The molecule has 0 saturated carbocycles. The maximum Gasteiger partial charge on any atom is 0.357 e. The van der Waals surface area contributed by atoms with Gasteiger partial charge in [-0.3, -0.25) is 0 Å². The van der Waals surface area contributed by atoms with Crippen molar-refractivity contribution in [2.75, 3.05) is 6.61 Å². The average molecular weight is 194 g/mol. The molecule has 0 N–H and O–H groups in total. The molecule has 1 rings (SSSR count). The van der Waals surface area contributed by atoms with Crippen molar-refractivity contribution in [3.05, 3.63) is 23.3 Å². The van der Waals surface area contributed by atoms with Crippen LogP contribution >= 0.6 is 0 Å². The number of rotatable bonds is 3. The van der Waals surface area contributed by atoms with Crippen LogP contribution in [0.25, 0.3) is 0 Å². The number of hydrogen-bond donors (Lipinski definition) is 0. The van der Waals surface area contributed by atoms with Crippen LogP contribution in [-0.4, -0.2) is 22.5 Å². The molecule has 0 aliphatic heterocycles. The molecule has 4 heteroatoms. The lowest BCUT2D eigenvalue weighted by Crippen LogP contribution is -2.10. The standard InChI is InChI=1S/C10H14N2O2/c1-4-9-11-7(3)6-8(12-9)10(13)14-5-2/h6H,4-5H2,1-3H3. The normalized spacial score (nSPS) is 9.93. The summed E-state index contributed by atoms with van der Waals surface area (Å²) in [6.45, 7) is 5.92. The Bertz CT molecular complexity index is 337. The number of carbonyl (C=O) groups excluding carboxylic acids is 1. The summed E-state index contributed by atoms with van der Waals surface area (Å²) in [5.74, 6) is 0.292. The van der Waals surface area contributed by atoms with Crippen LogP contribution in [0.4, 0.5) is 0 Å². The first-order valence-electron chi connectivity index (χ1n) is 4.69. The number of ether oxygens (including phenoxy) is 1. The van der Waals surface area contributed by atoms with Crippen LogP contribution in [0.3, 0.4) is 0 Å². The van der Waals surface area contributed by atoms with Crippen molar-refractivity contribution < 1.29 is 9.53 Å². The Morgan fingerprint density at radius 1 is 1.43 bits per heavy atom. The molecule has 0 spiro atoms. The highest BCUT2D eigenvalue weighted by molar-refractivity contribution is 5.87. The summed E-state index contributed by atoms with van der Waals surface area (Å²) < 4.78 is 4.85. The van der Waals surface area contributed by atoms with Crippen LogP contribution in [0, 0.1) is 6.92 Å². The van der Waals surface area contributed by atoms with Crippen molar-refractivity contribution in [1.82, 2.24) is 9.97 Å². The van der Waals surface area contributed by atoms with E-state index in [0.717, 1.165) is 5.69 Å². The number of esters is 1. The van der Waals surface area contributed by atoms with Gasteiger partial charge in [-0.05, 0) is 19.9 Å². The van der Waals surface area contributed by atoms with Crippen LogP contribution in [0.5, 0.6) is 0 Å². The van der Waals surface area contributed by atoms with Crippen molar-refractivity contribution >= 4 is 5.97 Å². The Morgan fingerprint density at radius 3 is 2.71 bits per heavy atom. The number of carbonyl (C=O) groups is 1. The summed E-state index contributed by atoms with van der Waals surface area (Å²) in [4.78, 5) is 19.6. The number of aryl methyl sites for hydroxylation is 2. The van der Waals surface area contributed by atoms with Gasteiger partial charge in [0.25, 0.3) is 0 Å². The fourth-order valence-electron chi connectivity index (χ4n) is 1.10. The molecule has 4 nitrogen and oxygen atoms in total. The number of aromatic nitrogens is 2. The van der Waals surface area contributed by atoms with E-state index >= 15 is 0 Å². The molecule has 0 bridgehead atoms. The van der Waals surface area contributed by atoms with Gasteiger partial charge in [-0.15, -0.1) is 0 Å². The maximum absolute atomic E-state index is 11.4. The van der Waals surface area contributed by atoms with Gasteiger partial charge in [0.15, 0.2) is 5.69 Å². The summed E-state index contributed by atoms with van der Waals surface area (Å²) in [6.07, 6.45) is 0.716. The van der Waals surface area contributed by atoms with Crippen LogP contribution in [0.2, 0.25) is 0 Å². The third kappa shape index (κ3) is 2.52. The summed E-state index contributed by atoms with van der Waals surface area (Å²) in [5, 5.41) is 0. The third-order valence-electron chi connectivity index (χ3n) is 1.70. The topological polar surface area (TPSA) is 52.1 Å². The van der Waals surface area contributed by atoms with Gasteiger partial charge in [0.05, 0.1) is 6.61 Å². The molecule has 14 heavy (non-hydrogen) atoms. The SMILES string of the molecule is CCOC(=O)c1cc(C)nc(CC)n1. The maximum atomic E-state index is 11.4. The Balaban J connectivity index is 2.96. The molecule has 0 aliphatic rings. The summed E-state index contributed by atoms with van der Waals surface area (Å²) in [5.41, 5.74) is 1.14. The van der Waals surface area contributed by atoms with E-state index in [1.165, 1.54) is 0 Å². The minimum atomic E-state index is -0.382. The second-order valence-corrected chi connectivity index (χ2v) is 2.88. The van der Waals surface area contributed by atoms with Gasteiger partial charge in [0.2, 0.25) is 0 Å². The molecule has 0 saturated heterocycles. The zero-order chi connectivity index (χ0) is 10.6. The van der Waals surface area contributed by atoms with E-state index in [1.807, 2.05) is 13.8 Å². The second-order valence-electron chi connectivity index (χ2n) is 2.88. The fourth-order valence-corrected chi connectivity index (χ4v) is 1.10. The number of hydrogen-bond acceptors (Lipinski definition) is 4. The monoisotopic (exact) mass is 194 g/mol. The summed E-state index contributed by atoms with van der Waals surface area (Å²) >= 11 is 0. The van der Waals surface area contributed by atoms with Crippen molar-refractivity contribution in [3.63, 3.8) is 0 Å². The molecule has 0 aromatic carbocycles. The van der Waals surface area contributed by atoms with E-state index in [1.54, 1.807) is 13.0 Å². The Morgan fingerprint density at radius 2 is 2.14 bits per heavy atom. The van der Waals surface area contributed by atoms with E-state index in [0.29, 0.717) is 24.5 Å². The summed E-state index contributed by atoms with van der Waals surface area (Å²) in [6, 6.07) is 1.64. The van der Waals surface area contributed by atoms with E-state index in [9.17, 15) is 4.79 Å². The van der Waals surface area contributed by atoms with Crippen molar-refractivity contribution in [2.24, 2.45) is 0 Å². The third-order valence-corrected chi connectivity index (χ3v) is 1.70. The molecule has 0 aliphatic carbocycles. The van der Waals surface area contributed by atoms with Gasteiger partial charge >= 0.3 is 5.97 Å². The second kappa shape index (κ2) is 4.69. The lowest BCUT2D eigenvalue weighted by molar-refractivity contribution is 0.0518. The molecule has 0 amide bonds. The fraction of sp³-hybridized carbons (Fsp3) is 0.500. The van der Waals surface area contributed by atoms with Gasteiger partial charge in [-0.1, -0.05) is 6.92 Å². The Labute approximate surface area is 83.3 Å². The average Bonchev–Trinajstić information content (AvgIpc) is 2.17. The molecule has 1 heterocycles. The Kier molecular flexibility index (Phi) is 3.56. The first-order chi connectivity index (χ1) is 6.67. The molecule has 76 valence electrons. The zero-order valence-electron chi connectivity index (χ0n) is 8.70. The van der Waals surface area contributed by atoms with E-state index in [4.69, 9.17) is 4.74 Å². The highest BCUT2D eigenvalue weighted by atomic mass is 16.5. The first-order valence-corrected chi connectivity index (χ1v) is 4.69. The Hall–Kier alpha value is -1.45. The minimum absolute atomic E-state index is 0.344. The first kappa shape index (κ1) is 10.6. The molecule has 0 unspecified atom stereocenters. The quantitative estimate of drug-likeness (QED) is 0.684. The predicted octanol–water partition coefficient (Wildman–Crippen LogP) is 1.52. The van der Waals surface area contributed by atoms with Crippen LogP contribution < -0.4 is 0 Å². The lowest BCUT2D eigenvalue weighted by Gasteiger charge is -2.03. The van der Waals surface area contributed by atoms with Gasteiger partial charge < -0.3 is 4.74 Å². The van der Waals surface area contributed by atoms with E-state index in [2.05, 4.69) is 9.97 Å². The molecular formula is C10H14N2O2. The van der Waals surface area contributed by atoms with Crippen molar-refractivity contribution in [3.8, 4) is 0 Å². The highest BCUT2D eigenvalue weighted by Gasteiger charge is 2.10. The smallest absolute Gasteiger partial charge is 0.357 e. The van der Waals surface area contributed by atoms with Gasteiger partial charge in [-0.25, -0.2) is 14.8 Å². The van der Waals surface area contributed by atoms with E-state index in [-0.39, 0.29) is 5.97 Å². The molecule has 0 fully saturated rings.